The summed E-state index contributed by atoms with van der Waals surface area (Å²) in [7, 11) is 2.44. The minimum atomic E-state index is -1.44. The largest absolute Gasteiger partial charge is 0.468 e. The molecule has 0 spiro atoms. The average molecular weight is 317 g/mol. The van der Waals surface area contributed by atoms with Crippen LogP contribution < -0.4 is 5.56 Å². The van der Waals surface area contributed by atoms with E-state index in [9.17, 15) is 14.4 Å². The molecule has 1 aliphatic carbocycles. The molecule has 7 heteroatoms. The molecule has 0 aromatic carbocycles. The summed E-state index contributed by atoms with van der Waals surface area (Å²) >= 11 is 0. The monoisotopic (exact) mass is 317 g/mol. The van der Waals surface area contributed by atoms with Crippen LogP contribution in [-0.2, 0) is 31.9 Å². The van der Waals surface area contributed by atoms with Crippen molar-refractivity contribution in [3.8, 4) is 5.88 Å². The van der Waals surface area contributed by atoms with Crippen LogP contribution in [0.15, 0.2) is 39.9 Å². The molecule has 120 valence electrons. The van der Waals surface area contributed by atoms with Gasteiger partial charge in [0.2, 0.25) is 5.88 Å². The number of pyridine rings is 1. The first-order valence-electron chi connectivity index (χ1n) is 6.97. The number of hydrogen-bond donors (Lipinski definition) is 0. The number of furan rings is 1. The highest BCUT2D eigenvalue weighted by atomic mass is 16.5. The van der Waals surface area contributed by atoms with E-state index in [-0.39, 0.29) is 18.4 Å². The summed E-state index contributed by atoms with van der Waals surface area (Å²) < 4.78 is 16.1. The minimum Gasteiger partial charge on any atom is -0.468 e. The molecule has 0 N–H and O–H groups in total. The molecule has 0 aliphatic heterocycles. The van der Waals surface area contributed by atoms with Gasteiger partial charge in [0.25, 0.3) is 5.56 Å². The maximum absolute atomic E-state index is 12.2. The zero-order valence-electron chi connectivity index (χ0n) is 12.7. The minimum absolute atomic E-state index is 0.0793. The van der Waals surface area contributed by atoms with E-state index < -0.39 is 17.4 Å². The molecular formula is C16H15NO6. The topological polar surface area (TPSA) is 87.7 Å². The van der Waals surface area contributed by atoms with Crippen molar-refractivity contribution >= 4 is 11.9 Å². The molecule has 0 unspecified atom stereocenters. The second kappa shape index (κ2) is 5.42. The van der Waals surface area contributed by atoms with E-state index >= 15 is 0 Å². The molecule has 2 aromatic heterocycles. The summed E-state index contributed by atoms with van der Waals surface area (Å²) in [4.78, 5) is 36.6. The normalized spacial score (nSPS) is 15.0. The summed E-state index contributed by atoms with van der Waals surface area (Å²) in [5.41, 5.74) is -0.407. The Labute approximate surface area is 131 Å². The van der Waals surface area contributed by atoms with E-state index in [0.29, 0.717) is 17.0 Å². The Morgan fingerprint density at radius 2 is 1.83 bits per heavy atom. The number of carbonyl (C=O) groups is 2. The maximum atomic E-state index is 12.2. The van der Waals surface area contributed by atoms with Crippen LogP contribution in [0.1, 0.15) is 11.1 Å². The summed E-state index contributed by atoms with van der Waals surface area (Å²) in [5, 5.41) is 0. The van der Waals surface area contributed by atoms with Gasteiger partial charge < -0.3 is 13.9 Å². The Hall–Kier alpha value is -2.83. The van der Waals surface area contributed by atoms with Crippen molar-refractivity contribution in [3.63, 3.8) is 0 Å². The fourth-order valence-electron chi connectivity index (χ4n) is 2.99. The van der Waals surface area contributed by atoms with Crippen molar-refractivity contribution < 1.29 is 23.5 Å². The maximum Gasteiger partial charge on any atom is 0.323 e. The molecule has 0 bridgehead atoms. The van der Waals surface area contributed by atoms with E-state index in [4.69, 9.17) is 13.9 Å². The van der Waals surface area contributed by atoms with E-state index in [1.165, 1.54) is 31.1 Å². The smallest absolute Gasteiger partial charge is 0.323 e. The lowest BCUT2D eigenvalue weighted by Gasteiger charge is -2.22. The van der Waals surface area contributed by atoms with Gasteiger partial charge in [-0.05, 0) is 17.2 Å². The molecular weight excluding hydrogens is 302 g/mol. The van der Waals surface area contributed by atoms with E-state index in [0.717, 1.165) is 0 Å². The number of aromatic nitrogens is 1. The second-order valence-electron chi connectivity index (χ2n) is 5.40. The van der Waals surface area contributed by atoms with Gasteiger partial charge in [0.15, 0.2) is 5.41 Å². The van der Waals surface area contributed by atoms with Crippen molar-refractivity contribution in [1.29, 1.82) is 0 Å². The van der Waals surface area contributed by atoms with E-state index in [2.05, 4.69) is 0 Å². The lowest BCUT2D eigenvalue weighted by Crippen LogP contribution is -2.42. The van der Waals surface area contributed by atoms with Gasteiger partial charge in [0.05, 0.1) is 20.5 Å². The molecule has 0 saturated heterocycles. The Kier molecular flexibility index (Phi) is 3.55. The third kappa shape index (κ3) is 2.25. The van der Waals surface area contributed by atoms with Gasteiger partial charge in [0.1, 0.15) is 0 Å². The van der Waals surface area contributed by atoms with Crippen molar-refractivity contribution in [1.82, 2.24) is 4.57 Å². The lowest BCUT2D eigenvalue weighted by molar-refractivity contribution is -0.168. The van der Waals surface area contributed by atoms with Crippen LogP contribution in [0, 0.1) is 5.41 Å². The molecule has 23 heavy (non-hydrogen) atoms. The second-order valence-corrected chi connectivity index (χ2v) is 5.40. The number of methoxy groups -OCH3 is 2. The number of carbonyl (C=O) groups excluding carboxylic acids is 2. The van der Waals surface area contributed by atoms with Crippen molar-refractivity contribution in [2.24, 2.45) is 5.41 Å². The van der Waals surface area contributed by atoms with Crippen LogP contribution in [0.2, 0.25) is 0 Å². The van der Waals surface area contributed by atoms with Crippen molar-refractivity contribution in [2.75, 3.05) is 14.2 Å². The Balaban J connectivity index is 2.08. The molecule has 0 radical (unpaired) electrons. The highest BCUT2D eigenvalue weighted by molar-refractivity contribution is 6.01. The van der Waals surface area contributed by atoms with Gasteiger partial charge in [-0.1, -0.05) is 0 Å². The summed E-state index contributed by atoms with van der Waals surface area (Å²) in [6.45, 7) is 0. The Bertz CT molecular complexity index is 802. The van der Waals surface area contributed by atoms with Crippen molar-refractivity contribution in [2.45, 2.75) is 12.8 Å². The Morgan fingerprint density at radius 1 is 1.17 bits per heavy atom. The van der Waals surface area contributed by atoms with E-state index in [1.54, 1.807) is 18.3 Å². The quantitative estimate of drug-likeness (QED) is 0.616. The first kappa shape index (κ1) is 15.1. The van der Waals surface area contributed by atoms with Crippen LogP contribution in [0.5, 0.6) is 0 Å². The number of nitrogens with zero attached hydrogens (tertiary/aromatic N) is 1. The van der Waals surface area contributed by atoms with Gasteiger partial charge in [0, 0.05) is 31.2 Å². The number of esters is 2. The van der Waals surface area contributed by atoms with Gasteiger partial charge >= 0.3 is 11.9 Å². The third-order valence-corrected chi connectivity index (χ3v) is 4.11. The molecule has 0 amide bonds. The first-order chi connectivity index (χ1) is 11.0. The van der Waals surface area contributed by atoms with Gasteiger partial charge in [-0.15, -0.1) is 0 Å². The van der Waals surface area contributed by atoms with Crippen molar-refractivity contribution in [3.05, 3.63) is 52.1 Å². The standard InChI is InChI=1S/C16H15NO6/c1-21-14(19)16(15(20)22-2)7-10-6-12(18)17(9-11(10)8-16)13-4-3-5-23-13/h3-6,9H,7-8H2,1-2H3. The highest BCUT2D eigenvalue weighted by Crippen LogP contribution is 2.38. The SMILES string of the molecule is COC(=O)C1(C(=O)OC)Cc2cc(=O)n(-c3ccco3)cc2C1. The van der Waals surface area contributed by atoms with Crippen LogP contribution in [0.4, 0.5) is 0 Å². The lowest BCUT2D eigenvalue weighted by atomic mass is 9.85. The molecule has 2 aromatic rings. The first-order valence-corrected chi connectivity index (χ1v) is 6.97. The number of hydrogen-bond acceptors (Lipinski definition) is 6. The van der Waals surface area contributed by atoms with Crippen LogP contribution in [-0.4, -0.2) is 30.7 Å². The van der Waals surface area contributed by atoms with Gasteiger partial charge in [-0.3, -0.25) is 19.0 Å². The molecule has 0 atom stereocenters. The van der Waals surface area contributed by atoms with Gasteiger partial charge in [-0.2, -0.15) is 0 Å². The molecule has 2 heterocycles. The molecule has 0 saturated carbocycles. The average Bonchev–Trinajstić information content (AvgIpc) is 3.20. The predicted octanol–water partition coefficient (Wildman–Crippen LogP) is 0.861. The summed E-state index contributed by atoms with van der Waals surface area (Å²) in [6, 6.07) is 4.73. The van der Waals surface area contributed by atoms with Gasteiger partial charge in [-0.25, -0.2) is 0 Å². The molecule has 7 nitrogen and oxygen atoms in total. The summed E-state index contributed by atoms with van der Waals surface area (Å²) in [5.74, 6) is -0.971. The number of rotatable bonds is 3. The molecule has 3 rings (SSSR count). The van der Waals surface area contributed by atoms with Crippen LogP contribution in [0.3, 0.4) is 0 Å². The zero-order chi connectivity index (χ0) is 16.6. The van der Waals surface area contributed by atoms with E-state index in [1.807, 2.05) is 0 Å². The van der Waals surface area contributed by atoms with Crippen LogP contribution >= 0.6 is 0 Å². The highest BCUT2D eigenvalue weighted by Gasteiger charge is 2.52. The fraction of sp³-hybridized carbons (Fsp3) is 0.312. The third-order valence-electron chi connectivity index (χ3n) is 4.11. The number of fused-ring (bicyclic) bond motifs is 1. The zero-order valence-corrected chi connectivity index (χ0v) is 12.7. The van der Waals surface area contributed by atoms with Crippen LogP contribution in [0.25, 0.3) is 5.88 Å². The molecule has 1 aliphatic rings. The summed E-state index contributed by atoms with van der Waals surface area (Å²) in [6.07, 6.45) is 3.24. The molecule has 0 fully saturated rings. The Morgan fingerprint density at radius 3 is 2.39 bits per heavy atom. The fourth-order valence-corrected chi connectivity index (χ4v) is 2.99. The number of ether oxygens (including phenoxy) is 2. The predicted molar refractivity (Wildman–Crippen MR) is 78.2 cm³/mol.